The van der Waals surface area contributed by atoms with Gasteiger partial charge in [0.15, 0.2) is 0 Å². The first kappa shape index (κ1) is 22.5. The Balaban J connectivity index is 2.23. The zero-order valence-electron chi connectivity index (χ0n) is 17.7. The number of carbonyl (C=O) groups is 2. The Bertz CT molecular complexity index is 723. The molecule has 154 valence electrons. The molecule has 0 saturated heterocycles. The molecule has 0 N–H and O–H groups in total. The van der Waals surface area contributed by atoms with Crippen molar-refractivity contribution in [3.05, 3.63) is 34.7 Å². The van der Waals surface area contributed by atoms with Crippen molar-refractivity contribution >= 4 is 29.1 Å². The highest BCUT2D eigenvalue weighted by atomic mass is 32.2. The molecule has 1 aromatic carbocycles. The summed E-state index contributed by atoms with van der Waals surface area (Å²) in [6.45, 7) is 12.8. The lowest BCUT2D eigenvalue weighted by molar-refractivity contribution is -0.136. The van der Waals surface area contributed by atoms with E-state index in [4.69, 9.17) is 9.47 Å². The number of thioether (sulfide) groups is 1. The number of amides is 2. The molecule has 28 heavy (non-hydrogen) atoms. The molecular weight excluding hydrogens is 374 g/mol. The molecule has 0 fully saturated rings. The second-order valence-electron chi connectivity index (χ2n) is 7.60. The maximum atomic E-state index is 13.1. The number of carbonyl (C=O) groups excluding carboxylic acids is 2. The maximum Gasteiger partial charge on any atom is 0.267 e. The maximum absolute atomic E-state index is 13.1. The summed E-state index contributed by atoms with van der Waals surface area (Å²) >= 11 is 1.44. The minimum Gasteiger partial charge on any atom is -0.491 e. The number of nitrogens with zero attached hydrogens (tertiary/aromatic N) is 1. The minimum atomic E-state index is -0.227. The van der Waals surface area contributed by atoms with Gasteiger partial charge in [0, 0.05) is 18.4 Å². The number of hydrogen-bond donors (Lipinski definition) is 0. The van der Waals surface area contributed by atoms with Crippen LogP contribution in [0.4, 0.5) is 0 Å². The SMILES string of the molecule is CC(C)OCCCN1C(=O)C(SC(C)C)=C(c2ccc(OC(C)C)cc2)C1=O. The first-order chi connectivity index (χ1) is 13.2. The standard InChI is InChI=1S/C22H31NO4S/c1-14(2)26-13-7-12-23-21(24)19(20(22(23)25)28-16(5)6)17-8-10-18(11-9-17)27-15(3)4/h8-11,14-16H,7,12-13H2,1-6H3. The van der Waals surface area contributed by atoms with Gasteiger partial charge in [-0.3, -0.25) is 14.5 Å². The van der Waals surface area contributed by atoms with Gasteiger partial charge in [-0.1, -0.05) is 26.0 Å². The molecular formula is C22H31NO4S. The van der Waals surface area contributed by atoms with E-state index in [1.807, 2.05) is 65.8 Å². The van der Waals surface area contributed by atoms with E-state index in [9.17, 15) is 9.59 Å². The van der Waals surface area contributed by atoms with Gasteiger partial charge < -0.3 is 9.47 Å². The lowest BCUT2D eigenvalue weighted by Gasteiger charge is -2.16. The molecule has 1 aliphatic rings. The predicted molar refractivity (Wildman–Crippen MR) is 114 cm³/mol. The van der Waals surface area contributed by atoms with Crippen molar-refractivity contribution in [3.63, 3.8) is 0 Å². The monoisotopic (exact) mass is 405 g/mol. The second kappa shape index (κ2) is 10.1. The summed E-state index contributed by atoms with van der Waals surface area (Å²) in [5.74, 6) is 0.317. The summed E-state index contributed by atoms with van der Waals surface area (Å²) in [6, 6.07) is 7.39. The quantitative estimate of drug-likeness (QED) is 0.423. The van der Waals surface area contributed by atoms with Gasteiger partial charge in [-0.25, -0.2) is 0 Å². The van der Waals surface area contributed by atoms with E-state index in [0.29, 0.717) is 30.1 Å². The summed E-state index contributed by atoms with van der Waals surface area (Å²) in [4.78, 5) is 27.9. The molecule has 0 saturated carbocycles. The summed E-state index contributed by atoms with van der Waals surface area (Å²) in [7, 11) is 0. The van der Waals surface area contributed by atoms with Crippen molar-refractivity contribution in [2.75, 3.05) is 13.2 Å². The highest BCUT2D eigenvalue weighted by Gasteiger charge is 2.39. The van der Waals surface area contributed by atoms with Crippen molar-refractivity contribution in [1.82, 2.24) is 4.90 Å². The lowest BCUT2D eigenvalue weighted by Crippen LogP contribution is -2.33. The van der Waals surface area contributed by atoms with Crippen LogP contribution in [0, 0.1) is 0 Å². The highest BCUT2D eigenvalue weighted by molar-refractivity contribution is 8.04. The molecule has 0 aromatic heterocycles. The van der Waals surface area contributed by atoms with E-state index < -0.39 is 0 Å². The summed E-state index contributed by atoms with van der Waals surface area (Å²) < 4.78 is 11.2. The molecule has 2 amide bonds. The Kier molecular flexibility index (Phi) is 8.13. The van der Waals surface area contributed by atoms with Gasteiger partial charge in [0.05, 0.1) is 22.7 Å². The normalized spacial score (nSPS) is 15.0. The molecule has 0 bridgehead atoms. The molecule has 1 aliphatic heterocycles. The van der Waals surface area contributed by atoms with Gasteiger partial charge in [0.25, 0.3) is 11.8 Å². The smallest absolute Gasteiger partial charge is 0.267 e. The van der Waals surface area contributed by atoms with Crippen LogP contribution in [0.25, 0.3) is 5.57 Å². The van der Waals surface area contributed by atoms with Gasteiger partial charge in [-0.05, 0) is 51.8 Å². The van der Waals surface area contributed by atoms with Crippen LogP contribution in [0.5, 0.6) is 5.75 Å². The van der Waals surface area contributed by atoms with Crippen LogP contribution < -0.4 is 4.74 Å². The Hall–Kier alpha value is -1.79. The Morgan fingerprint density at radius 2 is 1.57 bits per heavy atom. The van der Waals surface area contributed by atoms with Crippen LogP contribution in [0.1, 0.15) is 53.5 Å². The van der Waals surface area contributed by atoms with Gasteiger partial charge in [0.2, 0.25) is 0 Å². The fourth-order valence-corrected chi connectivity index (χ4v) is 3.88. The summed E-state index contributed by atoms with van der Waals surface area (Å²) in [5, 5.41) is 0.203. The Morgan fingerprint density at radius 1 is 0.929 bits per heavy atom. The highest BCUT2D eigenvalue weighted by Crippen LogP contribution is 2.38. The van der Waals surface area contributed by atoms with Crippen molar-refractivity contribution in [1.29, 1.82) is 0 Å². The zero-order valence-corrected chi connectivity index (χ0v) is 18.5. The molecule has 0 atom stereocenters. The summed E-state index contributed by atoms with van der Waals surface area (Å²) in [6.07, 6.45) is 0.844. The predicted octanol–water partition coefficient (Wildman–Crippen LogP) is 4.51. The Morgan fingerprint density at radius 3 is 2.11 bits per heavy atom. The van der Waals surface area contributed by atoms with E-state index >= 15 is 0 Å². The van der Waals surface area contributed by atoms with Gasteiger partial charge in [0.1, 0.15) is 5.75 Å². The molecule has 0 aliphatic carbocycles. The zero-order chi connectivity index (χ0) is 20.8. The molecule has 0 radical (unpaired) electrons. The molecule has 1 aromatic rings. The first-order valence-electron chi connectivity index (χ1n) is 9.86. The lowest BCUT2D eigenvalue weighted by atomic mass is 10.1. The summed E-state index contributed by atoms with van der Waals surface area (Å²) in [5.41, 5.74) is 1.24. The average molecular weight is 406 g/mol. The number of ether oxygens (including phenoxy) is 2. The van der Waals surface area contributed by atoms with Crippen LogP contribution in [-0.4, -0.2) is 47.3 Å². The average Bonchev–Trinajstić information content (AvgIpc) is 2.82. The number of benzene rings is 1. The first-order valence-corrected chi connectivity index (χ1v) is 10.7. The number of rotatable bonds is 10. The van der Waals surface area contributed by atoms with Gasteiger partial charge >= 0.3 is 0 Å². The van der Waals surface area contributed by atoms with Crippen molar-refractivity contribution in [2.24, 2.45) is 0 Å². The minimum absolute atomic E-state index is 0.0790. The van der Waals surface area contributed by atoms with Crippen molar-refractivity contribution in [3.8, 4) is 5.75 Å². The van der Waals surface area contributed by atoms with Crippen molar-refractivity contribution < 1.29 is 19.1 Å². The molecule has 5 nitrogen and oxygen atoms in total. The van der Waals surface area contributed by atoms with E-state index in [2.05, 4.69) is 0 Å². The third-order valence-electron chi connectivity index (χ3n) is 3.97. The number of hydrogen-bond acceptors (Lipinski definition) is 5. The molecule has 0 unspecified atom stereocenters. The van der Waals surface area contributed by atoms with Gasteiger partial charge in [-0.15, -0.1) is 11.8 Å². The molecule has 0 spiro atoms. The van der Waals surface area contributed by atoms with E-state index in [-0.39, 0.29) is 29.3 Å². The van der Waals surface area contributed by atoms with Crippen LogP contribution in [0.15, 0.2) is 29.2 Å². The van der Waals surface area contributed by atoms with Crippen LogP contribution in [-0.2, 0) is 14.3 Å². The van der Waals surface area contributed by atoms with Crippen molar-refractivity contribution in [2.45, 2.75) is 65.4 Å². The van der Waals surface area contributed by atoms with E-state index in [1.54, 1.807) is 0 Å². The van der Waals surface area contributed by atoms with Crippen LogP contribution in [0.2, 0.25) is 0 Å². The van der Waals surface area contributed by atoms with Crippen LogP contribution >= 0.6 is 11.8 Å². The topological polar surface area (TPSA) is 55.8 Å². The van der Waals surface area contributed by atoms with Crippen LogP contribution in [0.3, 0.4) is 0 Å². The van der Waals surface area contributed by atoms with Gasteiger partial charge in [-0.2, -0.15) is 0 Å². The third-order valence-corrected chi connectivity index (χ3v) is 5.06. The second-order valence-corrected chi connectivity index (χ2v) is 9.18. The van der Waals surface area contributed by atoms with E-state index in [1.165, 1.54) is 16.7 Å². The van der Waals surface area contributed by atoms with E-state index in [0.717, 1.165) is 11.3 Å². The largest absolute Gasteiger partial charge is 0.491 e. The molecule has 6 heteroatoms. The molecule has 1 heterocycles. The third kappa shape index (κ3) is 5.85. The fraction of sp³-hybridized carbons (Fsp3) is 0.545. The molecule has 2 rings (SSSR count). The number of imide groups is 1. The Labute approximate surface area is 172 Å². The fourth-order valence-electron chi connectivity index (χ4n) is 2.87.